The van der Waals surface area contributed by atoms with Gasteiger partial charge in [-0.3, -0.25) is 0 Å². The minimum atomic E-state index is 0.591. The van der Waals surface area contributed by atoms with Crippen LogP contribution in [0.4, 0.5) is 5.82 Å². The van der Waals surface area contributed by atoms with Crippen molar-refractivity contribution in [3.8, 4) is 0 Å². The van der Waals surface area contributed by atoms with Gasteiger partial charge in [0.05, 0.1) is 0 Å². The Kier molecular flexibility index (Phi) is 3.21. The SMILES string of the molecule is Cc1ccnc(N(C)[C@H]2CCCNC2)c1. The summed E-state index contributed by atoms with van der Waals surface area (Å²) in [6.07, 6.45) is 4.41. The van der Waals surface area contributed by atoms with Crippen molar-refractivity contribution >= 4 is 5.82 Å². The van der Waals surface area contributed by atoms with Gasteiger partial charge in [-0.15, -0.1) is 0 Å². The van der Waals surface area contributed by atoms with Crippen LogP contribution >= 0.6 is 0 Å². The Bertz CT molecular complexity index is 318. The topological polar surface area (TPSA) is 28.2 Å². The zero-order valence-electron chi connectivity index (χ0n) is 9.53. The fourth-order valence-electron chi connectivity index (χ4n) is 2.06. The van der Waals surface area contributed by atoms with E-state index in [4.69, 9.17) is 0 Å². The van der Waals surface area contributed by atoms with Crippen LogP contribution < -0.4 is 10.2 Å². The van der Waals surface area contributed by atoms with Gasteiger partial charge >= 0.3 is 0 Å². The maximum Gasteiger partial charge on any atom is 0.128 e. The third-order valence-electron chi connectivity index (χ3n) is 3.08. The van der Waals surface area contributed by atoms with Crippen LogP contribution in [-0.2, 0) is 0 Å². The molecule has 1 aromatic heterocycles. The van der Waals surface area contributed by atoms with Crippen molar-refractivity contribution in [1.29, 1.82) is 0 Å². The molecule has 2 rings (SSSR count). The highest BCUT2D eigenvalue weighted by Crippen LogP contribution is 2.17. The van der Waals surface area contributed by atoms with Crippen molar-refractivity contribution < 1.29 is 0 Å². The summed E-state index contributed by atoms with van der Waals surface area (Å²) in [6, 6.07) is 4.78. The normalized spacial score (nSPS) is 21.3. The predicted octanol–water partition coefficient (Wildman–Crippen LogP) is 1.58. The van der Waals surface area contributed by atoms with Crippen molar-refractivity contribution in [1.82, 2.24) is 10.3 Å². The summed E-state index contributed by atoms with van der Waals surface area (Å²) in [5, 5.41) is 3.43. The molecule has 1 aliphatic rings. The first kappa shape index (κ1) is 10.4. The number of nitrogens with zero attached hydrogens (tertiary/aromatic N) is 2. The highest BCUT2D eigenvalue weighted by molar-refractivity contribution is 5.41. The Morgan fingerprint density at radius 1 is 1.53 bits per heavy atom. The van der Waals surface area contributed by atoms with Crippen LogP contribution in [-0.4, -0.2) is 31.2 Å². The lowest BCUT2D eigenvalue weighted by Crippen LogP contribution is -2.44. The van der Waals surface area contributed by atoms with Crippen molar-refractivity contribution in [2.45, 2.75) is 25.8 Å². The minimum Gasteiger partial charge on any atom is -0.355 e. The molecule has 15 heavy (non-hydrogen) atoms. The van der Waals surface area contributed by atoms with E-state index >= 15 is 0 Å². The molecule has 0 amide bonds. The maximum atomic E-state index is 4.41. The molecule has 0 radical (unpaired) electrons. The molecule has 2 heterocycles. The fourth-order valence-corrected chi connectivity index (χ4v) is 2.06. The van der Waals surface area contributed by atoms with Gasteiger partial charge in [-0.1, -0.05) is 0 Å². The summed E-state index contributed by atoms with van der Waals surface area (Å²) in [7, 11) is 2.14. The Morgan fingerprint density at radius 3 is 3.07 bits per heavy atom. The lowest BCUT2D eigenvalue weighted by molar-refractivity contribution is 0.443. The number of aromatic nitrogens is 1. The largest absolute Gasteiger partial charge is 0.355 e. The zero-order valence-corrected chi connectivity index (χ0v) is 9.53. The molecule has 0 aliphatic carbocycles. The molecule has 3 nitrogen and oxygen atoms in total. The summed E-state index contributed by atoms with van der Waals surface area (Å²) in [6.45, 7) is 4.34. The first-order chi connectivity index (χ1) is 7.27. The molecular formula is C12H19N3. The molecule has 0 saturated carbocycles. The van der Waals surface area contributed by atoms with Crippen LogP contribution in [0.2, 0.25) is 0 Å². The second-order valence-corrected chi connectivity index (χ2v) is 4.30. The fraction of sp³-hybridized carbons (Fsp3) is 0.583. The highest BCUT2D eigenvalue weighted by Gasteiger charge is 2.18. The minimum absolute atomic E-state index is 0.591. The van der Waals surface area contributed by atoms with E-state index in [0.29, 0.717) is 6.04 Å². The van der Waals surface area contributed by atoms with Gasteiger partial charge in [-0.2, -0.15) is 0 Å². The van der Waals surface area contributed by atoms with Crippen molar-refractivity contribution in [3.63, 3.8) is 0 Å². The summed E-state index contributed by atoms with van der Waals surface area (Å²) in [5.41, 5.74) is 1.27. The van der Waals surface area contributed by atoms with Gasteiger partial charge in [0.15, 0.2) is 0 Å². The van der Waals surface area contributed by atoms with Crippen LogP contribution in [0.3, 0.4) is 0 Å². The van der Waals surface area contributed by atoms with Gasteiger partial charge < -0.3 is 10.2 Å². The molecule has 82 valence electrons. The molecule has 1 saturated heterocycles. The molecule has 1 fully saturated rings. The Balaban J connectivity index is 2.08. The van der Waals surface area contributed by atoms with Gasteiger partial charge in [0.2, 0.25) is 0 Å². The molecule has 1 aliphatic heterocycles. The number of anilines is 1. The standard InChI is InChI=1S/C12H19N3/c1-10-5-7-14-12(8-10)15(2)11-4-3-6-13-9-11/h5,7-8,11,13H,3-4,6,9H2,1-2H3/t11-/m0/s1. The number of rotatable bonds is 2. The summed E-state index contributed by atoms with van der Waals surface area (Å²) < 4.78 is 0. The van der Waals surface area contributed by atoms with Gasteiger partial charge in [-0.25, -0.2) is 4.98 Å². The summed E-state index contributed by atoms with van der Waals surface area (Å²) in [4.78, 5) is 6.70. The second-order valence-electron chi connectivity index (χ2n) is 4.30. The van der Waals surface area contributed by atoms with E-state index < -0.39 is 0 Å². The van der Waals surface area contributed by atoms with Crippen molar-refractivity contribution in [2.24, 2.45) is 0 Å². The number of pyridine rings is 1. The van der Waals surface area contributed by atoms with Crippen LogP contribution in [0.15, 0.2) is 18.3 Å². The third-order valence-corrected chi connectivity index (χ3v) is 3.08. The highest BCUT2D eigenvalue weighted by atomic mass is 15.2. The van der Waals surface area contributed by atoms with Gasteiger partial charge in [-0.05, 0) is 44.0 Å². The number of aryl methyl sites for hydroxylation is 1. The smallest absolute Gasteiger partial charge is 0.128 e. The molecule has 3 heteroatoms. The lowest BCUT2D eigenvalue weighted by atomic mass is 10.1. The Morgan fingerprint density at radius 2 is 2.40 bits per heavy atom. The van der Waals surface area contributed by atoms with Crippen molar-refractivity contribution in [3.05, 3.63) is 23.9 Å². The van der Waals surface area contributed by atoms with E-state index in [9.17, 15) is 0 Å². The molecule has 0 unspecified atom stereocenters. The average molecular weight is 205 g/mol. The number of likely N-dealkylation sites (N-methyl/N-ethyl adjacent to an activating group) is 1. The number of hydrogen-bond donors (Lipinski definition) is 1. The monoisotopic (exact) mass is 205 g/mol. The van der Waals surface area contributed by atoms with Crippen LogP contribution in [0.25, 0.3) is 0 Å². The molecule has 1 atom stereocenters. The van der Waals surface area contributed by atoms with Crippen LogP contribution in [0.1, 0.15) is 18.4 Å². The molecule has 1 aromatic rings. The molecular weight excluding hydrogens is 186 g/mol. The van der Waals surface area contributed by atoms with Crippen LogP contribution in [0.5, 0.6) is 0 Å². The van der Waals surface area contributed by atoms with E-state index in [1.807, 2.05) is 12.3 Å². The van der Waals surface area contributed by atoms with Crippen LogP contribution in [0, 0.1) is 6.92 Å². The number of hydrogen-bond acceptors (Lipinski definition) is 3. The van der Waals surface area contributed by atoms with E-state index in [1.165, 1.54) is 18.4 Å². The van der Waals surface area contributed by atoms with Gasteiger partial charge in [0.1, 0.15) is 5.82 Å². The molecule has 1 N–H and O–H groups in total. The Labute approximate surface area is 91.5 Å². The first-order valence-corrected chi connectivity index (χ1v) is 5.63. The number of piperidine rings is 1. The molecule has 0 bridgehead atoms. The molecule has 0 spiro atoms. The molecule has 0 aromatic carbocycles. The zero-order chi connectivity index (χ0) is 10.7. The second kappa shape index (κ2) is 4.62. The summed E-state index contributed by atoms with van der Waals surface area (Å²) >= 11 is 0. The van der Waals surface area contributed by atoms with E-state index in [2.05, 4.69) is 35.2 Å². The first-order valence-electron chi connectivity index (χ1n) is 5.63. The van der Waals surface area contributed by atoms with Crippen molar-refractivity contribution in [2.75, 3.05) is 25.0 Å². The predicted molar refractivity (Wildman–Crippen MR) is 63.3 cm³/mol. The maximum absolute atomic E-state index is 4.41. The van der Waals surface area contributed by atoms with Gasteiger partial charge in [0.25, 0.3) is 0 Å². The quantitative estimate of drug-likeness (QED) is 0.794. The van der Waals surface area contributed by atoms with Gasteiger partial charge in [0, 0.05) is 25.8 Å². The third kappa shape index (κ3) is 2.48. The number of nitrogens with one attached hydrogen (secondary N) is 1. The summed E-state index contributed by atoms with van der Waals surface area (Å²) in [5.74, 6) is 1.09. The van der Waals surface area contributed by atoms with E-state index in [0.717, 1.165) is 18.9 Å². The van der Waals surface area contributed by atoms with E-state index in [-0.39, 0.29) is 0 Å². The van der Waals surface area contributed by atoms with E-state index in [1.54, 1.807) is 0 Å². The average Bonchev–Trinajstić information content (AvgIpc) is 2.29. The lowest BCUT2D eigenvalue weighted by Gasteiger charge is -2.32. The Hall–Kier alpha value is -1.09.